The van der Waals surface area contributed by atoms with E-state index >= 15 is 0 Å². The maximum Gasteiger partial charge on any atom is 0.309 e. The van der Waals surface area contributed by atoms with Gasteiger partial charge in [-0.3, -0.25) is 9.59 Å². The second-order valence-corrected chi connectivity index (χ2v) is 3.38. The molecule has 0 radical (unpaired) electrons. The lowest BCUT2D eigenvalue weighted by Crippen LogP contribution is -2.43. The second kappa shape index (κ2) is 7.29. The smallest absolute Gasteiger partial charge is 0.309 e. The first-order valence-electron chi connectivity index (χ1n) is 4.72. The minimum absolute atomic E-state index is 0.142. The van der Waals surface area contributed by atoms with E-state index in [1.54, 1.807) is 0 Å². The van der Waals surface area contributed by atoms with Crippen LogP contribution in [0.1, 0.15) is 13.3 Å². The van der Waals surface area contributed by atoms with Gasteiger partial charge in [0, 0.05) is 0 Å². The molecule has 7 heteroatoms. The summed E-state index contributed by atoms with van der Waals surface area (Å²) in [5.74, 6) is -0.878. The Hall–Kier alpha value is -1.02. The van der Waals surface area contributed by atoms with Crippen molar-refractivity contribution in [2.75, 3.05) is 6.61 Å². The number of aliphatic hydroxyl groups is 4. The molecule has 0 aromatic rings. The highest BCUT2D eigenvalue weighted by atomic mass is 16.6. The number of esters is 1. The second-order valence-electron chi connectivity index (χ2n) is 3.38. The first kappa shape index (κ1) is 15.0. The van der Waals surface area contributed by atoms with Crippen LogP contribution < -0.4 is 0 Å². The predicted molar refractivity (Wildman–Crippen MR) is 51.3 cm³/mol. The van der Waals surface area contributed by atoms with Crippen LogP contribution in [-0.4, -0.2) is 63.7 Å². The molecule has 94 valence electrons. The number of carbonyl (C=O) groups is 2. The molecule has 16 heavy (non-hydrogen) atoms. The van der Waals surface area contributed by atoms with Gasteiger partial charge in [-0.15, -0.1) is 0 Å². The molecule has 0 saturated heterocycles. The Morgan fingerprint density at radius 2 is 1.94 bits per heavy atom. The Kier molecular flexibility index (Phi) is 6.82. The third-order valence-corrected chi connectivity index (χ3v) is 1.78. The molecule has 0 fully saturated rings. The molecule has 0 rings (SSSR count). The number of carbonyl (C=O) groups excluding carboxylic acids is 2. The molecule has 0 spiro atoms. The molecule has 0 aliphatic carbocycles. The number of hydrogen-bond acceptors (Lipinski definition) is 7. The van der Waals surface area contributed by atoms with Crippen molar-refractivity contribution in [1.82, 2.24) is 0 Å². The van der Waals surface area contributed by atoms with Crippen LogP contribution in [0.2, 0.25) is 0 Å². The number of hydrogen-bond donors (Lipinski definition) is 4. The van der Waals surface area contributed by atoms with Crippen molar-refractivity contribution >= 4 is 12.3 Å². The van der Waals surface area contributed by atoms with Crippen LogP contribution >= 0.6 is 0 Å². The Morgan fingerprint density at radius 3 is 2.31 bits per heavy atom. The third kappa shape index (κ3) is 5.17. The van der Waals surface area contributed by atoms with E-state index in [0.29, 0.717) is 0 Å². The summed E-state index contributed by atoms with van der Waals surface area (Å²) in [6.45, 7) is 0.593. The number of aliphatic hydroxyl groups excluding tert-OH is 4. The van der Waals surface area contributed by atoms with Gasteiger partial charge in [0.1, 0.15) is 12.2 Å². The van der Waals surface area contributed by atoms with Gasteiger partial charge in [0.2, 0.25) is 0 Å². The highest BCUT2D eigenvalue weighted by molar-refractivity contribution is 5.73. The van der Waals surface area contributed by atoms with Crippen LogP contribution in [0.3, 0.4) is 0 Å². The van der Waals surface area contributed by atoms with Gasteiger partial charge in [-0.1, -0.05) is 0 Å². The summed E-state index contributed by atoms with van der Waals surface area (Å²) < 4.78 is 4.51. The normalized spacial score (nSPS) is 18.3. The summed E-state index contributed by atoms with van der Waals surface area (Å²) in [6.07, 6.45) is -5.95. The first-order valence-corrected chi connectivity index (χ1v) is 4.72. The standard InChI is InChI=1S/C9H16O7/c1-5(12)2-8(14)16-7(4-11)9(15)6(13)3-10/h4-7,9-10,12-13,15H,2-3H2,1H3/t5?,6-,7-,9-/m1/s1. The molecular formula is C9H16O7. The van der Waals surface area contributed by atoms with Gasteiger partial charge in [-0.2, -0.15) is 0 Å². The molecule has 4 N–H and O–H groups in total. The largest absolute Gasteiger partial charge is 0.452 e. The van der Waals surface area contributed by atoms with E-state index in [1.165, 1.54) is 6.92 Å². The summed E-state index contributed by atoms with van der Waals surface area (Å²) in [5, 5.41) is 35.7. The van der Waals surface area contributed by atoms with E-state index in [9.17, 15) is 14.7 Å². The van der Waals surface area contributed by atoms with Crippen molar-refractivity contribution in [2.45, 2.75) is 37.8 Å². The summed E-state index contributed by atoms with van der Waals surface area (Å²) in [4.78, 5) is 21.5. The number of rotatable bonds is 7. The monoisotopic (exact) mass is 236 g/mol. The molecule has 0 aliphatic rings. The summed E-state index contributed by atoms with van der Waals surface area (Å²) in [7, 11) is 0. The van der Waals surface area contributed by atoms with E-state index in [1.807, 2.05) is 0 Å². The van der Waals surface area contributed by atoms with Crippen molar-refractivity contribution in [2.24, 2.45) is 0 Å². The van der Waals surface area contributed by atoms with Gasteiger partial charge in [-0.05, 0) is 6.92 Å². The van der Waals surface area contributed by atoms with E-state index in [-0.39, 0.29) is 12.7 Å². The van der Waals surface area contributed by atoms with E-state index in [0.717, 1.165) is 0 Å². The highest BCUT2D eigenvalue weighted by Gasteiger charge is 2.29. The predicted octanol–water partition coefficient (Wildman–Crippen LogP) is -2.42. The van der Waals surface area contributed by atoms with Crippen molar-refractivity contribution in [1.29, 1.82) is 0 Å². The van der Waals surface area contributed by atoms with Gasteiger partial charge in [0.25, 0.3) is 0 Å². The van der Waals surface area contributed by atoms with Crippen molar-refractivity contribution in [3.8, 4) is 0 Å². The lowest BCUT2D eigenvalue weighted by Gasteiger charge is -2.21. The van der Waals surface area contributed by atoms with E-state index in [4.69, 9.17) is 15.3 Å². The molecule has 0 heterocycles. The number of ether oxygens (including phenoxy) is 1. The Bertz CT molecular complexity index is 228. The van der Waals surface area contributed by atoms with Crippen molar-refractivity contribution in [3.63, 3.8) is 0 Å². The molecular weight excluding hydrogens is 220 g/mol. The van der Waals surface area contributed by atoms with Gasteiger partial charge >= 0.3 is 5.97 Å². The minimum Gasteiger partial charge on any atom is -0.452 e. The van der Waals surface area contributed by atoms with Crippen molar-refractivity contribution in [3.05, 3.63) is 0 Å². The molecule has 0 amide bonds. The fourth-order valence-corrected chi connectivity index (χ4v) is 0.946. The maximum absolute atomic E-state index is 11.0. The van der Waals surface area contributed by atoms with Crippen LogP contribution in [-0.2, 0) is 14.3 Å². The van der Waals surface area contributed by atoms with Crippen LogP contribution in [0.15, 0.2) is 0 Å². The average molecular weight is 236 g/mol. The van der Waals surface area contributed by atoms with Gasteiger partial charge in [0.05, 0.1) is 19.1 Å². The zero-order valence-electron chi connectivity index (χ0n) is 8.81. The van der Waals surface area contributed by atoms with Crippen molar-refractivity contribution < 1.29 is 34.8 Å². The third-order valence-electron chi connectivity index (χ3n) is 1.78. The van der Waals surface area contributed by atoms with Gasteiger partial charge in [0.15, 0.2) is 12.4 Å². The summed E-state index contributed by atoms with van der Waals surface area (Å²) in [6, 6.07) is 0. The molecule has 0 aliphatic heterocycles. The van der Waals surface area contributed by atoms with E-state index in [2.05, 4.69) is 4.74 Å². The lowest BCUT2D eigenvalue weighted by molar-refractivity contribution is -0.165. The summed E-state index contributed by atoms with van der Waals surface area (Å²) >= 11 is 0. The SMILES string of the molecule is CC(O)CC(=O)O[C@H](C=O)[C@H](O)[C@H](O)CO. The van der Waals surface area contributed by atoms with Gasteiger partial charge < -0.3 is 25.2 Å². The Morgan fingerprint density at radius 1 is 1.38 bits per heavy atom. The average Bonchev–Trinajstić information content (AvgIpc) is 2.22. The van der Waals surface area contributed by atoms with Gasteiger partial charge in [-0.25, -0.2) is 0 Å². The Labute approximate surface area is 92.3 Å². The fourth-order valence-electron chi connectivity index (χ4n) is 0.946. The zero-order chi connectivity index (χ0) is 12.7. The zero-order valence-corrected chi connectivity index (χ0v) is 8.81. The molecule has 1 unspecified atom stereocenters. The van der Waals surface area contributed by atoms with Crippen LogP contribution in [0.25, 0.3) is 0 Å². The maximum atomic E-state index is 11.0. The minimum atomic E-state index is -1.69. The highest BCUT2D eigenvalue weighted by Crippen LogP contribution is 2.05. The molecule has 0 aromatic heterocycles. The Balaban J connectivity index is 4.29. The van der Waals surface area contributed by atoms with Crippen LogP contribution in [0.4, 0.5) is 0 Å². The van der Waals surface area contributed by atoms with Crippen LogP contribution in [0, 0.1) is 0 Å². The molecule has 7 nitrogen and oxygen atoms in total. The summed E-state index contributed by atoms with van der Waals surface area (Å²) in [5.41, 5.74) is 0. The van der Waals surface area contributed by atoms with E-state index < -0.39 is 37.0 Å². The molecule has 0 aromatic carbocycles. The molecule has 0 saturated carbocycles. The van der Waals surface area contributed by atoms with Crippen LogP contribution in [0.5, 0.6) is 0 Å². The number of aldehydes is 1. The topological polar surface area (TPSA) is 124 Å². The quantitative estimate of drug-likeness (QED) is 0.286. The first-order chi connectivity index (χ1) is 7.42. The molecule has 4 atom stereocenters. The fraction of sp³-hybridized carbons (Fsp3) is 0.778. The molecule has 0 bridgehead atoms. The lowest BCUT2D eigenvalue weighted by atomic mass is 10.1.